The highest BCUT2D eigenvalue weighted by molar-refractivity contribution is 6.32. The number of aryl methyl sites for hydroxylation is 2. The van der Waals surface area contributed by atoms with Gasteiger partial charge in [-0.3, -0.25) is 14.2 Å². The molecule has 2 aromatic rings. The fourth-order valence-electron chi connectivity index (χ4n) is 2.79. The molecule has 6 nitrogen and oxygen atoms in total. The molecular formula is C19H19ClN2O4. The highest BCUT2D eigenvalue weighted by atomic mass is 35.5. The molecule has 136 valence electrons. The van der Waals surface area contributed by atoms with Gasteiger partial charge in [-0.15, -0.1) is 0 Å². The number of carbonyl (C=O) groups is 1. The van der Waals surface area contributed by atoms with Gasteiger partial charge in [-0.1, -0.05) is 11.6 Å². The highest BCUT2D eigenvalue weighted by Gasteiger charge is 2.23. The molecule has 1 heterocycles. The SMILES string of the molecule is CCn1c(O)c(C(=O)COc2cc(C)c(Cl)c(C)c2)c(C)c(C#N)c1=O. The average Bonchev–Trinajstić information content (AvgIpc) is 2.58. The van der Waals surface area contributed by atoms with Crippen molar-refractivity contribution in [2.45, 2.75) is 34.2 Å². The summed E-state index contributed by atoms with van der Waals surface area (Å²) in [6.07, 6.45) is 0. The first-order valence-electron chi connectivity index (χ1n) is 8.02. The lowest BCUT2D eigenvalue weighted by Crippen LogP contribution is -2.27. The molecule has 1 N–H and O–H groups in total. The largest absolute Gasteiger partial charge is 0.494 e. The van der Waals surface area contributed by atoms with E-state index in [1.807, 2.05) is 13.8 Å². The standard InChI is InChI=1S/C19H19ClN2O4/c1-5-22-18(24)14(8-21)12(4)16(19(22)25)15(23)9-26-13-6-10(2)17(20)11(3)7-13/h6-7,25H,5,9H2,1-4H3. The molecule has 7 heteroatoms. The number of rotatable bonds is 5. The normalized spacial score (nSPS) is 10.5. The Morgan fingerprint density at radius 2 is 1.88 bits per heavy atom. The molecule has 0 unspecified atom stereocenters. The van der Waals surface area contributed by atoms with Gasteiger partial charge in [-0.2, -0.15) is 5.26 Å². The van der Waals surface area contributed by atoms with Gasteiger partial charge in [0.15, 0.2) is 6.61 Å². The Balaban J connectivity index is 2.39. The number of carbonyl (C=O) groups excluding carboxylic acids is 1. The van der Waals surface area contributed by atoms with Crippen LogP contribution in [-0.2, 0) is 6.54 Å². The van der Waals surface area contributed by atoms with E-state index in [4.69, 9.17) is 16.3 Å². The van der Waals surface area contributed by atoms with Crippen molar-refractivity contribution in [1.29, 1.82) is 5.26 Å². The van der Waals surface area contributed by atoms with E-state index in [0.717, 1.165) is 15.7 Å². The van der Waals surface area contributed by atoms with Gasteiger partial charge in [0, 0.05) is 11.6 Å². The minimum Gasteiger partial charge on any atom is -0.494 e. The molecule has 0 amide bonds. The predicted molar refractivity (Wildman–Crippen MR) is 98.2 cm³/mol. The van der Waals surface area contributed by atoms with E-state index in [9.17, 15) is 20.0 Å². The number of ketones is 1. The number of nitrogens with zero attached hydrogens (tertiary/aromatic N) is 2. The van der Waals surface area contributed by atoms with E-state index in [2.05, 4.69) is 0 Å². The zero-order valence-corrected chi connectivity index (χ0v) is 15.8. The lowest BCUT2D eigenvalue weighted by molar-refractivity contribution is 0.0916. The minimum absolute atomic E-state index is 0.0783. The molecule has 0 fully saturated rings. The fraction of sp³-hybridized carbons (Fsp3) is 0.316. The van der Waals surface area contributed by atoms with Crippen LogP contribution in [0.2, 0.25) is 5.02 Å². The highest BCUT2D eigenvalue weighted by Crippen LogP contribution is 2.27. The third-order valence-electron chi connectivity index (χ3n) is 4.18. The Morgan fingerprint density at radius 1 is 1.31 bits per heavy atom. The summed E-state index contributed by atoms with van der Waals surface area (Å²) < 4.78 is 6.53. The molecular weight excluding hydrogens is 356 g/mol. The maximum atomic E-state index is 12.6. The lowest BCUT2D eigenvalue weighted by Gasteiger charge is -2.15. The first kappa shape index (κ1) is 19.5. The first-order chi connectivity index (χ1) is 12.2. The quantitative estimate of drug-likeness (QED) is 0.810. The van der Waals surface area contributed by atoms with Crippen LogP contribution in [0.1, 0.15) is 39.5 Å². The van der Waals surface area contributed by atoms with Crippen LogP contribution in [0.25, 0.3) is 0 Å². The molecule has 1 aromatic heterocycles. The van der Waals surface area contributed by atoms with Gasteiger partial charge in [-0.05, 0) is 56.5 Å². The van der Waals surface area contributed by atoms with E-state index < -0.39 is 17.2 Å². The van der Waals surface area contributed by atoms with Gasteiger partial charge in [0.25, 0.3) is 5.56 Å². The Labute approximate surface area is 156 Å². The van der Waals surface area contributed by atoms with Crippen LogP contribution in [0.3, 0.4) is 0 Å². The molecule has 0 saturated heterocycles. The number of aromatic nitrogens is 1. The maximum Gasteiger partial charge on any atom is 0.271 e. The summed E-state index contributed by atoms with van der Waals surface area (Å²) in [5, 5.41) is 20.2. The summed E-state index contributed by atoms with van der Waals surface area (Å²) >= 11 is 6.11. The van der Waals surface area contributed by atoms with Crippen LogP contribution in [0.4, 0.5) is 0 Å². The van der Waals surface area contributed by atoms with Crippen molar-refractivity contribution in [3.8, 4) is 17.7 Å². The monoisotopic (exact) mass is 374 g/mol. The van der Waals surface area contributed by atoms with Gasteiger partial charge in [0.2, 0.25) is 11.7 Å². The first-order valence-corrected chi connectivity index (χ1v) is 8.39. The van der Waals surface area contributed by atoms with Crippen molar-refractivity contribution in [3.63, 3.8) is 0 Å². The van der Waals surface area contributed by atoms with Crippen LogP contribution in [0, 0.1) is 32.1 Å². The number of Topliss-reactive ketones (excluding diaryl/α,β-unsaturated/α-hetero) is 1. The number of hydrogen-bond acceptors (Lipinski definition) is 5. The molecule has 0 saturated carbocycles. The van der Waals surface area contributed by atoms with Gasteiger partial charge < -0.3 is 9.84 Å². The van der Waals surface area contributed by atoms with Gasteiger partial charge in [0.1, 0.15) is 17.4 Å². The average molecular weight is 375 g/mol. The third kappa shape index (κ3) is 3.44. The van der Waals surface area contributed by atoms with Gasteiger partial charge in [0.05, 0.1) is 5.56 Å². The molecule has 0 aliphatic carbocycles. The molecule has 0 aliphatic rings. The lowest BCUT2D eigenvalue weighted by atomic mass is 10.0. The molecule has 0 radical (unpaired) electrons. The molecule has 0 spiro atoms. The minimum atomic E-state index is -0.619. The Kier molecular flexibility index (Phi) is 5.73. The van der Waals surface area contributed by atoms with Crippen molar-refractivity contribution < 1.29 is 14.6 Å². The summed E-state index contributed by atoms with van der Waals surface area (Å²) in [5.74, 6) is -0.505. The number of hydrogen-bond donors (Lipinski definition) is 1. The number of benzene rings is 1. The Morgan fingerprint density at radius 3 is 2.38 bits per heavy atom. The van der Waals surface area contributed by atoms with Crippen molar-refractivity contribution in [1.82, 2.24) is 4.57 Å². The number of ether oxygens (including phenoxy) is 1. The van der Waals surface area contributed by atoms with E-state index in [0.29, 0.717) is 10.8 Å². The fourth-order valence-corrected chi connectivity index (χ4v) is 2.90. The van der Waals surface area contributed by atoms with Crippen molar-refractivity contribution in [2.75, 3.05) is 6.61 Å². The Hall–Kier alpha value is -2.78. The topological polar surface area (TPSA) is 92.3 Å². The number of nitriles is 1. The predicted octanol–water partition coefficient (Wildman–Crippen LogP) is 3.29. The number of halogens is 1. The number of aromatic hydroxyl groups is 1. The molecule has 0 atom stereocenters. The van der Waals surface area contributed by atoms with Crippen molar-refractivity contribution in [2.24, 2.45) is 0 Å². The van der Waals surface area contributed by atoms with Crippen molar-refractivity contribution >= 4 is 17.4 Å². The van der Waals surface area contributed by atoms with Crippen molar-refractivity contribution in [3.05, 3.63) is 55.3 Å². The maximum absolute atomic E-state index is 12.6. The molecule has 26 heavy (non-hydrogen) atoms. The van der Waals surface area contributed by atoms with Gasteiger partial charge in [-0.25, -0.2) is 0 Å². The molecule has 0 aliphatic heterocycles. The van der Waals surface area contributed by atoms with E-state index in [1.54, 1.807) is 25.1 Å². The van der Waals surface area contributed by atoms with Crippen LogP contribution >= 0.6 is 11.6 Å². The Bertz CT molecular complexity index is 963. The second kappa shape index (κ2) is 7.63. The summed E-state index contributed by atoms with van der Waals surface area (Å²) in [6, 6.07) is 5.23. The second-order valence-corrected chi connectivity index (χ2v) is 6.32. The summed E-state index contributed by atoms with van der Waals surface area (Å²) in [7, 11) is 0. The van der Waals surface area contributed by atoms with E-state index in [1.165, 1.54) is 6.92 Å². The van der Waals surface area contributed by atoms with Gasteiger partial charge >= 0.3 is 0 Å². The van der Waals surface area contributed by atoms with E-state index >= 15 is 0 Å². The van der Waals surface area contributed by atoms with Crippen LogP contribution in [-0.4, -0.2) is 22.1 Å². The van der Waals surface area contributed by atoms with Crippen LogP contribution in [0.5, 0.6) is 11.6 Å². The third-order valence-corrected chi connectivity index (χ3v) is 4.77. The number of pyridine rings is 1. The molecule has 2 rings (SSSR count). The molecule has 0 bridgehead atoms. The van der Waals surface area contributed by atoms with Crippen LogP contribution in [0.15, 0.2) is 16.9 Å². The summed E-state index contributed by atoms with van der Waals surface area (Å²) in [5.41, 5.74) is 0.929. The zero-order valence-electron chi connectivity index (χ0n) is 15.0. The molecule has 1 aromatic carbocycles. The second-order valence-electron chi connectivity index (χ2n) is 5.94. The smallest absolute Gasteiger partial charge is 0.271 e. The van der Waals surface area contributed by atoms with E-state index in [-0.39, 0.29) is 29.8 Å². The zero-order chi connectivity index (χ0) is 19.6. The summed E-state index contributed by atoms with van der Waals surface area (Å²) in [6.45, 7) is 6.55. The summed E-state index contributed by atoms with van der Waals surface area (Å²) in [4.78, 5) is 24.8. The van der Waals surface area contributed by atoms with Crippen LogP contribution < -0.4 is 10.3 Å².